The first-order chi connectivity index (χ1) is 14.8. The number of para-hydroxylation sites is 1. The van der Waals surface area contributed by atoms with Crippen LogP contribution in [0.25, 0.3) is 22.2 Å². The fourth-order valence-corrected chi connectivity index (χ4v) is 7.14. The molecule has 0 aliphatic heterocycles. The number of nitrogens with one attached hydrogen (secondary N) is 2. The number of aliphatic carboxylic acids is 1. The van der Waals surface area contributed by atoms with E-state index < -0.39 is 16.0 Å². The number of rotatable bonds is 6. The minimum absolute atomic E-state index is 0.0226. The van der Waals surface area contributed by atoms with Gasteiger partial charge in [0.25, 0.3) is 0 Å². The second kappa shape index (κ2) is 7.65. The van der Waals surface area contributed by atoms with E-state index in [1.807, 2.05) is 24.3 Å². The summed E-state index contributed by atoms with van der Waals surface area (Å²) >= 11 is 6.31. The molecule has 3 N–H and O–H groups in total. The van der Waals surface area contributed by atoms with E-state index in [4.69, 9.17) is 11.6 Å². The van der Waals surface area contributed by atoms with Crippen LogP contribution in [-0.2, 0) is 21.2 Å². The number of carboxylic acids is 1. The van der Waals surface area contributed by atoms with Crippen molar-refractivity contribution in [2.24, 2.45) is 11.8 Å². The van der Waals surface area contributed by atoms with Gasteiger partial charge in [-0.25, -0.2) is 13.1 Å². The summed E-state index contributed by atoms with van der Waals surface area (Å²) in [5.74, 6) is 0.0628. The molecule has 5 rings (SSSR count). The van der Waals surface area contributed by atoms with E-state index in [2.05, 4.69) is 9.71 Å². The van der Waals surface area contributed by atoms with Crippen LogP contribution in [0.4, 0.5) is 0 Å². The molecule has 6 nitrogen and oxygen atoms in total. The third kappa shape index (κ3) is 3.75. The Morgan fingerprint density at radius 1 is 1.16 bits per heavy atom. The highest BCUT2D eigenvalue weighted by Gasteiger charge is 2.41. The Morgan fingerprint density at radius 2 is 1.97 bits per heavy atom. The molecule has 2 aromatic carbocycles. The van der Waals surface area contributed by atoms with Crippen molar-refractivity contribution in [3.8, 4) is 11.3 Å². The zero-order chi connectivity index (χ0) is 21.8. The predicted octanol–water partition coefficient (Wildman–Crippen LogP) is 4.58. The molecule has 2 fully saturated rings. The molecule has 8 heteroatoms. The third-order valence-corrected chi connectivity index (χ3v) is 8.67. The van der Waals surface area contributed by atoms with Gasteiger partial charge in [0.1, 0.15) is 4.90 Å². The van der Waals surface area contributed by atoms with Gasteiger partial charge in [0.15, 0.2) is 0 Å². The van der Waals surface area contributed by atoms with E-state index in [0.717, 1.165) is 30.2 Å². The van der Waals surface area contributed by atoms with Crippen LogP contribution in [-0.4, -0.2) is 30.5 Å². The third-order valence-electron chi connectivity index (χ3n) is 6.70. The van der Waals surface area contributed by atoms with E-state index in [1.165, 1.54) is 12.5 Å². The average molecular weight is 459 g/mol. The molecular weight excluding hydrogens is 436 g/mol. The molecule has 1 heterocycles. The van der Waals surface area contributed by atoms with Gasteiger partial charge in [0.05, 0.1) is 17.1 Å². The van der Waals surface area contributed by atoms with E-state index in [9.17, 15) is 18.3 Å². The number of aromatic amines is 1. The summed E-state index contributed by atoms with van der Waals surface area (Å²) in [5.41, 5.74) is 2.60. The molecule has 2 aliphatic carbocycles. The number of hydrogen-bond donors (Lipinski definition) is 3. The van der Waals surface area contributed by atoms with Crippen LogP contribution < -0.4 is 4.72 Å². The topological polar surface area (TPSA) is 99.3 Å². The number of sulfonamides is 1. The molecule has 2 bridgehead atoms. The van der Waals surface area contributed by atoms with Crippen LogP contribution in [0.2, 0.25) is 5.02 Å². The van der Waals surface area contributed by atoms with Gasteiger partial charge in [-0.2, -0.15) is 0 Å². The Kier molecular flexibility index (Phi) is 5.07. The number of H-pyrrole nitrogens is 1. The number of carbonyl (C=O) groups is 1. The molecule has 0 amide bonds. The molecule has 3 unspecified atom stereocenters. The van der Waals surface area contributed by atoms with Crippen LogP contribution in [0.15, 0.2) is 47.4 Å². The molecule has 2 aliphatic rings. The summed E-state index contributed by atoms with van der Waals surface area (Å²) in [7, 11) is -3.81. The minimum Gasteiger partial charge on any atom is -0.481 e. The summed E-state index contributed by atoms with van der Waals surface area (Å²) in [6, 6.07) is 12.2. The summed E-state index contributed by atoms with van der Waals surface area (Å²) in [4.78, 5) is 14.8. The smallest absolute Gasteiger partial charge is 0.307 e. The molecule has 0 saturated heterocycles. The molecule has 3 atom stereocenters. The summed E-state index contributed by atoms with van der Waals surface area (Å²) < 4.78 is 29.3. The highest BCUT2D eigenvalue weighted by Crippen LogP contribution is 2.45. The summed E-state index contributed by atoms with van der Waals surface area (Å²) in [5, 5.41) is 10.4. The zero-order valence-corrected chi connectivity index (χ0v) is 18.3. The van der Waals surface area contributed by atoms with Crippen LogP contribution in [0.5, 0.6) is 0 Å². The van der Waals surface area contributed by atoms with Crippen LogP contribution in [0, 0.1) is 11.8 Å². The summed E-state index contributed by atoms with van der Waals surface area (Å²) in [6.45, 7) is 0. The first-order valence-electron chi connectivity index (χ1n) is 10.5. The quantitative estimate of drug-likeness (QED) is 0.503. The number of carboxylic acid groups (broad SMARTS) is 1. The van der Waals surface area contributed by atoms with E-state index in [1.54, 1.807) is 12.1 Å². The SMILES string of the molecule is O=C(O)Cc1c(-c2ccc(Cl)c(S(=O)(=O)NC3CC4CCC3C4)c2)[nH]c2ccccc12. The van der Waals surface area contributed by atoms with Gasteiger partial charge >= 0.3 is 5.97 Å². The van der Waals surface area contributed by atoms with E-state index >= 15 is 0 Å². The Morgan fingerprint density at radius 3 is 2.68 bits per heavy atom. The van der Waals surface area contributed by atoms with Crippen LogP contribution in [0.1, 0.15) is 31.2 Å². The minimum atomic E-state index is -3.81. The molecule has 31 heavy (non-hydrogen) atoms. The Balaban J connectivity index is 1.55. The Labute approximate surface area is 185 Å². The lowest BCUT2D eigenvalue weighted by atomic mass is 9.96. The standard InChI is InChI=1S/C23H23ClN2O4S/c24-18-8-7-15(23-17(12-22(27)28)16-3-1-2-4-19(16)25-23)11-21(18)31(29,30)26-20-10-13-5-6-14(20)9-13/h1-4,7-8,11,13-14,20,25-26H,5-6,9-10,12H2,(H,27,28). The second-order valence-electron chi connectivity index (χ2n) is 8.64. The van der Waals surface area contributed by atoms with Crippen molar-refractivity contribution in [3.63, 3.8) is 0 Å². The lowest BCUT2D eigenvalue weighted by Crippen LogP contribution is -2.38. The first-order valence-corrected chi connectivity index (χ1v) is 12.3. The molecule has 0 radical (unpaired) electrons. The van der Waals surface area contributed by atoms with Gasteiger partial charge in [-0.15, -0.1) is 0 Å². The molecule has 3 aromatic rings. The summed E-state index contributed by atoms with van der Waals surface area (Å²) in [6.07, 6.45) is 4.05. The monoisotopic (exact) mass is 458 g/mol. The van der Waals surface area contributed by atoms with E-state index in [0.29, 0.717) is 28.7 Å². The zero-order valence-electron chi connectivity index (χ0n) is 16.8. The van der Waals surface area contributed by atoms with Gasteiger partial charge in [-0.05, 0) is 60.4 Å². The van der Waals surface area contributed by atoms with Crippen LogP contribution >= 0.6 is 11.6 Å². The van der Waals surface area contributed by atoms with Gasteiger partial charge in [-0.3, -0.25) is 4.79 Å². The highest BCUT2D eigenvalue weighted by atomic mass is 35.5. The van der Waals surface area contributed by atoms with Crippen molar-refractivity contribution >= 4 is 38.5 Å². The van der Waals surface area contributed by atoms with Crippen molar-refractivity contribution in [1.82, 2.24) is 9.71 Å². The molecule has 0 spiro atoms. The number of hydrogen-bond acceptors (Lipinski definition) is 3. The second-order valence-corrected chi connectivity index (χ2v) is 10.7. The fraction of sp³-hybridized carbons (Fsp3) is 0.348. The van der Waals surface area contributed by atoms with E-state index in [-0.39, 0.29) is 22.4 Å². The first kappa shape index (κ1) is 20.5. The number of fused-ring (bicyclic) bond motifs is 3. The average Bonchev–Trinajstić information content (AvgIpc) is 3.42. The van der Waals surface area contributed by atoms with Gasteiger partial charge < -0.3 is 10.1 Å². The molecule has 1 aromatic heterocycles. The highest BCUT2D eigenvalue weighted by molar-refractivity contribution is 7.89. The lowest BCUT2D eigenvalue weighted by molar-refractivity contribution is -0.136. The number of halogens is 1. The lowest BCUT2D eigenvalue weighted by Gasteiger charge is -2.23. The maximum atomic E-state index is 13.2. The van der Waals surface area contributed by atoms with Crippen LogP contribution in [0.3, 0.4) is 0 Å². The molecule has 2 saturated carbocycles. The number of benzene rings is 2. The van der Waals surface area contributed by atoms with Crippen molar-refractivity contribution in [2.75, 3.05) is 0 Å². The van der Waals surface area contributed by atoms with Crippen molar-refractivity contribution < 1.29 is 18.3 Å². The van der Waals surface area contributed by atoms with Crippen molar-refractivity contribution in [2.45, 2.75) is 43.0 Å². The maximum Gasteiger partial charge on any atom is 0.307 e. The van der Waals surface area contributed by atoms with Crippen molar-refractivity contribution in [3.05, 3.63) is 53.1 Å². The maximum absolute atomic E-state index is 13.2. The van der Waals surface area contributed by atoms with Gasteiger partial charge in [0.2, 0.25) is 10.0 Å². The Bertz CT molecular complexity index is 1280. The Hall–Kier alpha value is -2.35. The van der Waals surface area contributed by atoms with Gasteiger partial charge in [-0.1, -0.05) is 42.3 Å². The normalized spacial score (nSPS) is 22.9. The van der Waals surface area contributed by atoms with Crippen molar-refractivity contribution in [1.29, 1.82) is 0 Å². The molecule has 162 valence electrons. The fourth-order valence-electron chi connectivity index (χ4n) is 5.30. The molecular formula is C23H23ClN2O4S. The number of aromatic nitrogens is 1. The van der Waals surface area contributed by atoms with Gasteiger partial charge in [0, 0.05) is 16.9 Å². The largest absolute Gasteiger partial charge is 0.481 e. The predicted molar refractivity (Wildman–Crippen MR) is 120 cm³/mol.